The molecule has 1 atom stereocenters. The number of guanidine groups is 1. The lowest BCUT2D eigenvalue weighted by Crippen LogP contribution is -2.50. The Kier molecular flexibility index (Phi) is 2.65. The second kappa shape index (κ2) is 3.93. The van der Waals surface area contributed by atoms with Crippen LogP contribution in [0.5, 0.6) is 0 Å². The molecule has 0 spiro atoms. The highest BCUT2D eigenvalue weighted by Crippen LogP contribution is 2.02. The van der Waals surface area contributed by atoms with Crippen LogP contribution in [-0.4, -0.2) is 56.9 Å². The molecule has 2 aliphatic heterocycles. The van der Waals surface area contributed by atoms with Gasteiger partial charge >= 0.3 is 0 Å². The minimum atomic E-state index is 0.304. The quantitative estimate of drug-likeness (QED) is 0.539. The van der Waals surface area contributed by atoms with Gasteiger partial charge in [-0.3, -0.25) is 5.32 Å². The van der Waals surface area contributed by atoms with Crippen LogP contribution in [0.1, 0.15) is 0 Å². The number of hydrogen-bond donors (Lipinski definition) is 2. The molecule has 1 fully saturated rings. The summed E-state index contributed by atoms with van der Waals surface area (Å²) in [6, 6.07) is 0. The summed E-state index contributed by atoms with van der Waals surface area (Å²) in [5, 5.41) is 6.47. The van der Waals surface area contributed by atoms with Crippen molar-refractivity contribution in [3.05, 3.63) is 0 Å². The van der Waals surface area contributed by atoms with Crippen molar-refractivity contribution in [1.29, 1.82) is 0 Å². The Morgan fingerprint density at radius 1 is 1.54 bits per heavy atom. The van der Waals surface area contributed by atoms with Gasteiger partial charge in [0, 0.05) is 13.1 Å². The van der Waals surface area contributed by atoms with Crippen LogP contribution in [0.25, 0.3) is 0 Å². The summed E-state index contributed by atoms with van der Waals surface area (Å²) in [4.78, 5) is 6.66. The Morgan fingerprint density at radius 3 is 2.92 bits per heavy atom. The van der Waals surface area contributed by atoms with Gasteiger partial charge in [0.1, 0.15) is 0 Å². The van der Waals surface area contributed by atoms with Crippen LogP contribution in [0.3, 0.4) is 0 Å². The Morgan fingerprint density at radius 2 is 2.31 bits per heavy atom. The molecule has 2 rings (SSSR count). The predicted octanol–water partition coefficient (Wildman–Crippen LogP) is -1.18. The van der Waals surface area contributed by atoms with E-state index in [2.05, 4.69) is 20.5 Å². The van der Waals surface area contributed by atoms with E-state index in [0.29, 0.717) is 6.17 Å². The maximum atomic E-state index is 5.27. The summed E-state index contributed by atoms with van der Waals surface area (Å²) < 4.78 is 5.27. The average molecular weight is 184 g/mol. The molecule has 0 aliphatic carbocycles. The van der Waals surface area contributed by atoms with Crippen molar-refractivity contribution in [2.45, 2.75) is 6.17 Å². The fraction of sp³-hybridized carbons (Fsp3) is 0.875. The van der Waals surface area contributed by atoms with Gasteiger partial charge in [-0.2, -0.15) is 0 Å². The van der Waals surface area contributed by atoms with Crippen molar-refractivity contribution in [3.63, 3.8) is 0 Å². The molecule has 2 heterocycles. The van der Waals surface area contributed by atoms with E-state index in [1.54, 1.807) is 0 Å². The van der Waals surface area contributed by atoms with Crippen LogP contribution >= 0.6 is 0 Å². The number of nitrogens with zero attached hydrogens (tertiary/aromatic N) is 2. The number of aliphatic imine (C=N–C) groups is 1. The fourth-order valence-corrected chi connectivity index (χ4v) is 1.55. The van der Waals surface area contributed by atoms with E-state index in [-0.39, 0.29) is 0 Å². The molecule has 2 N–H and O–H groups in total. The van der Waals surface area contributed by atoms with Crippen molar-refractivity contribution >= 4 is 5.96 Å². The van der Waals surface area contributed by atoms with Crippen LogP contribution in [-0.2, 0) is 4.74 Å². The van der Waals surface area contributed by atoms with Crippen molar-refractivity contribution < 1.29 is 4.74 Å². The van der Waals surface area contributed by atoms with Gasteiger partial charge in [-0.1, -0.05) is 0 Å². The largest absolute Gasteiger partial charge is 0.378 e. The molecule has 0 amide bonds. The minimum Gasteiger partial charge on any atom is -0.378 e. The molecular weight excluding hydrogens is 168 g/mol. The van der Waals surface area contributed by atoms with Gasteiger partial charge in [0.25, 0.3) is 0 Å². The first-order valence-electron chi connectivity index (χ1n) is 4.71. The maximum absolute atomic E-state index is 5.27. The van der Waals surface area contributed by atoms with E-state index in [9.17, 15) is 0 Å². The molecule has 2 aliphatic rings. The first-order chi connectivity index (χ1) is 6.40. The lowest BCUT2D eigenvalue weighted by Gasteiger charge is -2.28. The SMILES string of the molecule is CNC1CN=C(N2CCOCC2)N1. The molecule has 0 aromatic heterocycles. The number of rotatable bonds is 1. The van der Waals surface area contributed by atoms with E-state index in [4.69, 9.17) is 4.74 Å². The summed E-state index contributed by atoms with van der Waals surface area (Å²) in [7, 11) is 1.94. The van der Waals surface area contributed by atoms with Crippen LogP contribution in [0.4, 0.5) is 0 Å². The lowest BCUT2D eigenvalue weighted by atomic mass is 10.4. The molecule has 0 aromatic rings. The van der Waals surface area contributed by atoms with Crippen LogP contribution in [0.2, 0.25) is 0 Å². The first-order valence-corrected chi connectivity index (χ1v) is 4.71. The van der Waals surface area contributed by atoms with Crippen LogP contribution < -0.4 is 10.6 Å². The maximum Gasteiger partial charge on any atom is 0.195 e. The standard InChI is InChI=1S/C8H16N4O/c1-9-7-6-10-8(11-7)12-2-4-13-5-3-12/h7,9H,2-6H2,1H3,(H,10,11). The third kappa shape index (κ3) is 1.92. The minimum absolute atomic E-state index is 0.304. The topological polar surface area (TPSA) is 48.9 Å². The molecule has 13 heavy (non-hydrogen) atoms. The summed E-state index contributed by atoms with van der Waals surface area (Å²) in [5.74, 6) is 1.02. The highest BCUT2D eigenvalue weighted by atomic mass is 16.5. The zero-order chi connectivity index (χ0) is 9.10. The van der Waals surface area contributed by atoms with Gasteiger partial charge in [0.05, 0.1) is 25.9 Å². The van der Waals surface area contributed by atoms with Crippen LogP contribution in [0.15, 0.2) is 4.99 Å². The zero-order valence-corrected chi connectivity index (χ0v) is 7.92. The van der Waals surface area contributed by atoms with Crippen molar-refractivity contribution in [1.82, 2.24) is 15.5 Å². The molecule has 5 heteroatoms. The number of morpholine rings is 1. The van der Waals surface area contributed by atoms with Crippen LogP contribution in [0, 0.1) is 0 Å². The Bertz CT molecular complexity index is 200. The molecule has 5 nitrogen and oxygen atoms in total. The number of likely N-dealkylation sites (N-methyl/N-ethyl adjacent to an activating group) is 1. The van der Waals surface area contributed by atoms with Crippen molar-refractivity contribution in [3.8, 4) is 0 Å². The molecule has 1 saturated heterocycles. The van der Waals surface area contributed by atoms with E-state index in [1.165, 1.54) is 0 Å². The summed E-state index contributed by atoms with van der Waals surface area (Å²) in [6.45, 7) is 4.34. The molecule has 1 unspecified atom stereocenters. The van der Waals surface area contributed by atoms with E-state index < -0.39 is 0 Å². The highest BCUT2D eigenvalue weighted by Gasteiger charge is 2.21. The second-order valence-corrected chi connectivity index (χ2v) is 3.25. The Hall–Kier alpha value is -0.810. The van der Waals surface area contributed by atoms with Crippen molar-refractivity contribution in [2.24, 2.45) is 4.99 Å². The number of ether oxygens (including phenoxy) is 1. The molecular formula is C8H16N4O. The van der Waals surface area contributed by atoms with Crippen molar-refractivity contribution in [2.75, 3.05) is 39.9 Å². The average Bonchev–Trinajstić information content (AvgIpc) is 2.67. The number of nitrogens with one attached hydrogen (secondary N) is 2. The van der Waals surface area contributed by atoms with E-state index >= 15 is 0 Å². The smallest absolute Gasteiger partial charge is 0.195 e. The Labute approximate surface area is 78.2 Å². The predicted molar refractivity (Wildman–Crippen MR) is 50.7 cm³/mol. The molecule has 0 aromatic carbocycles. The summed E-state index contributed by atoms with van der Waals surface area (Å²) >= 11 is 0. The third-order valence-electron chi connectivity index (χ3n) is 2.39. The summed E-state index contributed by atoms with van der Waals surface area (Å²) in [6.07, 6.45) is 0.304. The fourth-order valence-electron chi connectivity index (χ4n) is 1.55. The Balaban J connectivity index is 1.87. The van der Waals surface area contributed by atoms with Gasteiger partial charge < -0.3 is 15.0 Å². The monoisotopic (exact) mass is 184 g/mol. The van der Waals surface area contributed by atoms with Gasteiger partial charge in [-0.15, -0.1) is 0 Å². The van der Waals surface area contributed by atoms with Gasteiger partial charge in [-0.05, 0) is 7.05 Å². The second-order valence-electron chi connectivity index (χ2n) is 3.25. The van der Waals surface area contributed by atoms with Gasteiger partial charge in [0.2, 0.25) is 0 Å². The lowest BCUT2D eigenvalue weighted by molar-refractivity contribution is 0.0667. The number of hydrogen-bond acceptors (Lipinski definition) is 5. The molecule has 74 valence electrons. The molecule has 0 radical (unpaired) electrons. The first kappa shape index (κ1) is 8.77. The highest BCUT2D eigenvalue weighted by molar-refractivity contribution is 5.81. The summed E-state index contributed by atoms with van der Waals surface area (Å²) in [5.41, 5.74) is 0. The third-order valence-corrected chi connectivity index (χ3v) is 2.39. The van der Waals surface area contributed by atoms with E-state index in [1.807, 2.05) is 7.05 Å². The zero-order valence-electron chi connectivity index (χ0n) is 7.92. The molecule has 0 bridgehead atoms. The van der Waals surface area contributed by atoms with E-state index in [0.717, 1.165) is 38.8 Å². The van der Waals surface area contributed by atoms with Gasteiger partial charge in [0.15, 0.2) is 5.96 Å². The van der Waals surface area contributed by atoms with Gasteiger partial charge in [-0.25, -0.2) is 4.99 Å². The molecule has 0 saturated carbocycles. The normalized spacial score (nSPS) is 28.5.